The highest BCUT2D eigenvalue weighted by Crippen LogP contribution is 2.15. The second-order valence-corrected chi connectivity index (χ2v) is 4.10. The van der Waals surface area contributed by atoms with E-state index in [0.717, 1.165) is 0 Å². The van der Waals surface area contributed by atoms with Crippen molar-refractivity contribution in [1.82, 2.24) is 0 Å². The van der Waals surface area contributed by atoms with Crippen molar-refractivity contribution in [2.75, 3.05) is 6.26 Å². The van der Waals surface area contributed by atoms with Gasteiger partial charge in [-0.3, -0.25) is 0 Å². The molecule has 13 heavy (non-hydrogen) atoms. The van der Waals surface area contributed by atoms with Crippen LogP contribution in [0.2, 0.25) is 0 Å². The van der Waals surface area contributed by atoms with Crippen molar-refractivity contribution in [2.45, 2.75) is 19.8 Å². The molecule has 0 aliphatic carbocycles. The highest BCUT2D eigenvalue weighted by molar-refractivity contribution is 8.01. The average molecular weight is 192 g/mol. The second kappa shape index (κ2) is 5.13. The minimum absolute atomic E-state index is 0.624. The van der Waals surface area contributed by atoms with Crippen LogP contribution in [-0.4, -0.2) is 6.26 Å². The maximum atomic E-state index is 2.22. The van der Waals surface area contributed by atoms with Crippen molar-refractivity contribution in [3.8, 4) is 0 Å². The Kier molecular flexibility index (Phi) is 4.10. The van der Waals surface area contributed by atoms with Crippen molar-refractivity contribution in [2.24, 2.45) is 0 Å². The Morgan fingerprint density at radius 1 is 1.15 bits per heavy atom. The summed E-state index contributed by atoms with van der Waals surface area (Å²) >= 11 is 1.73. The summed E-state index contributed by atoms with van der Waals surface area (Å²) < 4.78 is 0. The molecule has 70 valence electrons. The molecule has 0 unspecified atom stereocenters. The molecule has 0 saturated heterocycles. The highest BCUT2D eigenvalue weighted by atomic mass is 32.2. The van der Waals surface area contributed by atoms with Gasteiger partial charge in [0.2, 0.25) is 0 Å². The summed E-state index contributed by atoms with van der Waals surface area (Å²) in [5.41, 5.74) is 2.68. The zero-order valence-corrected chi connectivity index (χ0v) is 9.27. The third-order valence-electron chi connectivity index (χ3n) is 2.00. The number of hydrogen-bond acceptors (Lipinski definition) is 1. The molecule has 0 fully saturated rings. The van der Waals surface area contributed by atoms with E-state index in [-0.39, 0.29) is 0 Å². The molecule has 0 amide bonds. The zero-order valence-electron chi connectivity index (χ0n) is 8.45. The van der Waals surface area contributed by atoms with E-state index in [2.05, 4.69) is 55.9 Å². The van der Waals surface area contributed by atoms with Crippen LogP contribution in [-0.2, 0) is 0 Å². The van der Waals surface area contributed by atoms with Crippen molar-refractivity contribution in [3.05, 3.63) is 40.8 Å². The molecule has 0 aromatic heterocycles. The standard InChI is InChI=1S/C12H16S/c1-10(2)12-6-4-11(5-7-12)8-9-13-3/h4-10H,1-3H3/b9-8-. The molecule has 0 nitrogen and oxygen atoms in total. The average Bonchev–Trinajstić information content (AvgIpc) is 2.15. The van der Waals surface area contributed by atoms with E-state index in [1.165, 1.54) is 11.1 Å². The molecule has 0 atom stereocenters. The lowest BCUT2D eigenvalue weighted by Gasteiger charge is -2.04. The molecule has 0 radical (unpaired) electrons. The van der Waals surface area contributed by atoms with E-state index in [9.17, 15) is 0 Å². The summed E-state index contributed by atoms with van der Waals surface area (Å²) in [7, 11) is 0. The van der Waals surface area contributed by atoms with Gasteiger partial charge in [0, 0.05) is 0 Å². The monoisotopic (exact) mass is 192 g/mol. The third kappa shape index (κ3) is 3.27. The molecule has 0 aliphatic rings. The van der Waals surface area contributed by atoms with E-state index >= 15 is 0 Å². The summed E-state index contributed by atoms with van der Waals surface area (Å²) in [6, 6.07) is 8.74. The van der Waals surface area contributed by atoms with Gasteiger partial charge in [-0.1, -0.05) is 38.1 Å². The first-order valence-electron chi connectivity index (χ1n) is 4.53. The van der Waals surface area contributed by atoms with Gasteiger partial charge in [0.1, 0.15) is 0 Å². The van der Waals surface area contributed by atoms with E-state index in [0.29, 0.717) is 5.92 Å². The van der Waals surface area contributed by atoms with Crippen LogP contribution in [0.5, 0.6) is 0 Å². The first-order chi connectivity index (χ1) is 6.24. The molecule has 0 N–H and O–H groups in total. The van der Waals surface area contributed by atoms with Crippen LogP contribution in [0.1, 0.15) is 30.9 Å². The van der Waals surface area contributed by atoms with Gasteiger partial charge in [0.25, 0.3) is 0 Å². The van der Waals surface area contributed by atoms with Crippen LogP contribution in [0.3, 0.4) is 0 Å². The Labute approximate surface area is 85.1 Å². The maximum Gasteiger partial charge on any atom is -0.0142 e. The summed E-state index contributed by atoms with van der Waals surface area (Å²) in [5, 5.41) is 2.10. The molecule has 1 aromatic carbocycles. The first kappa shape index (κ1) is 10.4. The van der Waals surface area contributed by atoms with Gasteiger partial charge in [-0.05, 0) is 34.8 Å². The van der Waals surface area contributed by atoms with Crippen LogP contribution in [0.15, 0.2) is 29.7 Å². The number of rotatable bonds is 3. The molecule has 0 bridgehead atoms. The van der Waals surface area contributed by atoms with Gasteiger partial charge in [-0.2, -0.15) is 0 Å². The SMILES string of the molecule is CS/C=C\c1ccc(C(C)C)cc1. The fourth-order valence-electron chi connectivity index (χ4n) is 1.14. The lowest BCUT2D eigenvalue weighted by atomic mass is 10.0. The van der Waals surface area contributed by atoms with Crippen LogP contribution in [0, 0.1) is 0 Å². The highest BCUT2D eigenvalue weighted by Gasteiger charge is 1.96. The lowest BCUT2D eigenvalue weighted by Crippen LogP contribution is -1.85. The minimum atomic E-state index is 0.624. The Morgan fingerprint density at radius 2 is 1.77 bits per heavy atom. The molecular weight excluding hydrogens is 176 g/mol. The maximum absolute atomic E-state index is 2.22. The van der Waals surface area contributed by atoms with Crippen LogP contribution < -0.4 is 0 Å². The number of thioether (sulfide) groups is 1. The fourth-order valence-corrected chi connectivity index (χ4v) is 1.43. The first-order valence-corrected chi connectivity index (χ1v) is 5.82. The van der Waals surface area contributed by atoms with Gasteiger partial charge < -0.3 is 0 Å². The van der Waals surface area contributed by atoms with E-state index in [1.807, 2.05) is 0 Å². The molecule has 1 aromatic rings. The Hall–Kier alpha value is -0.690. The van der Waals surface area contributed by atoms with Crippen LogP contribution in [0.4, 0.5) is 0 Å². The second-order valence-electron chi connectivity index (χ2n) is 3.36. The predicted octanol–water partition coefficient (Wildman–Crippen LogP) is 4.14. The van der Waals surface area contributed by atoms with Gasteiger partial charge in [-0.15, -0.1) is 11.8 Å². The van der Waals surface area contributed by atoms with Crippen molar-refractivity contribution < 1.29 is 0 Å². The summed E-state index contributed by atoms with van der Waals surface area (Å²) in [5.74, 6) is 0.624. The van der Waals surface area contributed by atoms with Gasteiger partial charge in [0.05, 0.1) is 0 Å². The predicted molar refractivity (Wildman–Crippen MR) is 63.1 cm³/mol. The topological polar surface area (TPSA) is 0 Å². The van der Waals surface area contributed by atoms with Gasteiger partial charge in [0.15, 0.2) is 0 Å². The van der Waals surface area contributed by atoms with Crippen molar-refractivity contribution >= 4 is 17.8 Å². The van der Waals surface area contributed by atoms with E-state index in [4.69, 9.17) is 0 Å². The third-order valence-corrected chi connectivity index (χ3v) is 2.41. The van der Waals surface area contributed by atoms with E-state index < -0.39 is 0 Å². The molecule has 0 saturated carbocycles. The molecule has 0 aliphatic heterocycles. The Balaban J connectivity index is 2.75. The molecule has 0 heterocycles. The largest absolute Gasteiger partial charge is 0.138 e. The minimum Gasteiger partial charge on any atom is -0.138 e. The van der Waals surface area contributed by atoms with Gasteiger partial charge in [-0.25, -0.2) is 0 Å². The smallest absolute Gasteiger partial charge is 0.0142 e. The zero-order chi connectivity index (χ0) is 9.68. The van der Waals surface area contributed by atoms with E-state index in [1.54, 1.807) is 11.8 Å². The lowest BCUT2D eigenvalue weighted by molar-refractivity contribution is 0.866. The molecule has 0 spiro atoms. The van der Waals surface area contributed by atoms with Crippen LogP contribution in [0.25, 0.3) is 6.08 Å². The summed E-state index contributed by atoms with van der Waals surface area (Å²) in [6.45, 7) is 4.43. The normalized spacial score (nSPS) is 11.4. The van der Waals surface area contributed by atoms with Crippen molar-refractivity contribution in [3.63, 3.8) is 0 Å². The Morgan fingerprint density at radius 3 is 2.23 bits per heavy atom. The van der Waals surface area contributed by atoms with Gasteiger partial charge >= 0.3 is 0 Å². The number of hydrogen-bond donors (Lipinski definition) is 0. The molecule has 1 rings (SSSR count). The summed E-state index contributed by atoms with van der Waals surface area (Å²) in [4.78, 5) is 0. The molecule has 1 heteroatoms. The summed E-state index contributed by atoms with van der Waals surface area (Å²) in [6.07, 6.45) is 4.20. The Bertz CT molecular complexity index is 270. The number of benzene rings is 1. The quantitative estimate of drug-likeness (QED) is 0.693. The van der Waals surface area contributed by atoms with Crippen LogP contribution >= 0.6 is 11.8 Å². The van der Waals surface area contributed by atoms with Crippen molar-refractivity contribution in [1.29, 1.82) is 0 Å². The fraction of sp³-hybridized carbons (Fsp3) is 0.333. The molecular formula is C12H16S.